The summed E-state index contributed by atoms with van der Waals surface area (Å²) in [6.45, 7) is 3.99. The lowest BCUT2D eigenvalue weighted by atomic mass is 9.87. The maximum absolute atomic E-state index is 12.8. The number of benzene rings is 2. The molecule has 2 aromatic carbocycles. The Balaban J connectivity index is 1.09. The topological polar surface area (TPSA) is 68.8 Å². The van der Waals surface area contributed by atoms with Gasteiger partial charge in [0.15, 0.2) is 0 Å². The molecule has 0 radical (unpaired) electrons. The van der Waals surface area contributed by atoms with E-state index in [9.17, 15) is 4.79 Å². The van der Waals surface area contributed by atoms with Gasteiger partial charge in [0, 0.05) is 37.4 Å². The number of ether oxygens (including phenoxy) is 3. The van der Waals surface area contributed by atoms with Crippen molar-refractivity contribution in [1.29, 1.82) is 0 Å². The first kappa shape index (κ1) is 23.3. The first-order valence-electron chi connectivity index (χ1n) is 12.8. The van der Waals surface area contributed by atoms with E-state index in [0.29, 0.717) is 18.2 Å². The van der Waals surface area contributed by atoms with Crippen LogP contribution in [0, 0.1) is 0 Å². The molecule has 2 heterocycles. The zero-order chi connectivity index (χ0) is 23.2. The quantitative estimate of drug-likeness (QED) is 0.622. The van der Waals surface area contributed by atoms with E-state index in [-0.39, 0.29) is 18.1 Å². The number of nitrogens with one attached hydrogen (secondary N) is 2. The maximum Gasteiger partial charge on any atom is 0.251 e. The first-order chi connectivity index (χ1) is 16.7. The van der Waals surface area contributed by atoms with E-state index in [4.69, 9.17) is 14.2 Å². The highest BCUT2D eigenvalue weighted by molar-refractivity contribution is 5.94. The Hall–Kier alpha value is -2.41. The van der Waals surface area contributed by atoms with Crippen LogP contribution >= 0.6 is 0 Å². The number of aryl methyl sites for hydroxylation is 1. The van der Waals surface area contributed by atoms with Gasteiger partial charge in [-0.1, -0.05) is 18.2 Å². The van der Waals surface area contributed by atoms with Crippen LogP contribution in [0.15, 0.2) is 42.5 Å². The van der Waals surface area contributed by atoms with E-state index in [2.05, 4.69) is 28.8 Å². The number of hydrogen-bond donors (Lipinski definition) is 2. The molecule has 2 saturated heterocycles. The summed E-state index contributed by atoms with van der Waals surface area (Å²) in [5.74, 6) is 0.759. The molecule has 3 aliphatic rings. The van der Waals surface area contributed by atoms with Crippen LogP contribution in [0.3, 0.4) is 0 Å². The minimum absolute atomic E-state index is 0.0188. The van der Waals surface area contributed by atoms with E-state index < -0.39 is 0 Å². The predicted octanol–water partition coefficient (Wildman–Crippen LogP) is 3.80. The molecule has 1 unspecified atom stereocenters. The second-order valence-electron chi connectivity index (χ2n) is 9.78. The van der Waals surface area contributed by atoms with Crippen LogP contribution in [-0.4, -0.2) is 50.5 Å². The van der Waals surface area contributed by atoms with Crippen LogP contribution in [-0.2, 0) is 28.9 Å². The third-order valence-electron chi connectivity index (χ3n) is 7.17. The van der Waals surface area contributed by atoms with E-state index >= 15 is 0 Å². The molecule has 182 valence electrons. The van der Waals surface area contributed by atoms with Crippen LogP contribution in [0.25, 0.3) is 0 Å². The number of fused-ring (bicyclic) bond motifs is 1. The summed E-state index contributed by atoms with van der Waals surface area (Å²) >= 11 is 0. The zero-order valence-electron chi connectivity index (χ0n) is 19.9. The Morgan fingerprint density at radius 1 is 0.971 bits per heavy atom. The minimum atomic E-state index is -0.0188. The zero-order valence-corrected chi connectivity index (χ0v) is 19.9. The van der Waals surface area contributed by atoms with Gasteiger partial charge in [-0.2, -0.15) is 0 Å². The van der Waals surface area contributed by atoms with Crippen molar-refractivity contribution in [1.82, 2.24) is 10.6 Å². The summed E-state index contributed by atoms with van der Waals surface area (Å²) in [6, 6.07) is 14.8. The second kappa shape index (κ2) is 11.3. The lowest BCUT2D eigenvalue weighted by molar-refractivity contribution is 0.0679. The third-order valence-corrected chi connectivity index (χ3v) is 7.17. The number of amides is 1. The molecule has 1 amide bonds. The van der Waals surface area contributed by atoms with Gasteiger partial charge >= 0.3 is 0 Å². The fourth-order valence-electron chi connectivity index (χ4n) is 5.14. The molecule has 6 nitrogen and oxygen atoms in total. The number of hydrogen-bond acceptors (Lipinski definition) is 5. The average molecular weight is 465 g/mol. The van der Waals surface area contributed by atoms with Gasteiger partial charge in [-0.15, -0.1) is 0 Å². The summed E-state index contributed by atoms with van der Waals surface area (Å²) < 4.78 is 17.0. The van der Waals surface area contributed by atoms with Gasteiger partial charge in [0.2, 0.25) is 0 Å². The SMILES string of the molecule is O=C(N[C@H]1CCc2cc(CNC3CCCOC3)ccc2C1)c1ccc(OC[C@@H]2CCCO2)cc1. The van der Waals surface area contributed by atoms with Gasteiger partial charge in [-0.05, 0) is 85.9 Å². The summed E-state index contributed by atoms with van der Waals surface area (Å²) in [7, 11) is 0. The van der Waals surface area contributed by atoms with Gasteiger partial charge in [0.05, 0.1) is 12.7 Å². The van der Waals surface area contributed by atoms with Crippen LogP contribution < -0.4 is 15.4 Å². The highest BCUT2D eigenvalue weighted by atomic mass is 16.5. The van der Waals surface area contributed by atoms with Gasteiger partial charge < -0.3 is 24.8 Å². The molecule has 6 heteroatoms. The maximum atomic E-state index is 12.8. The molecule has 0 aromatic heterocycles. The highest BCUT2D eigenvalue weighted by Crippen LogP contribution is 2.24. The van der Waals surface area contributed by atoms with Crippen molar-refractivity contribution in [2.75, 3.05) is 26.4 Å². The van der Waals surface area contributed by atoms with Crippen molar-refractivity contribution >= 4 is 5.91 Å². The standard InChI is InChI=1S/C28H36N2O4/c31-28(21-8-11-26(12-9-21)34-19-27-4-2-14-33-27)30-24-10-7-22-15-20(5-6-23(22)16-24)17-29-25-3-1-13-32-18-25/h5-6,8-9,11-12,15,24-25,27,29H,1-4,7,10,13-14,16-19H2,(H,30,31)/t24-,25?,27-/m0/s1. The van der Waals surface area contributed by atoms with E-state index in [1.165, 1.54) is 23.1 Å². The van der Waals surface area contributed by atoms with E-state index in [1.807, 2.05) is 24.3 Å². The summed E-state index contributed by atoms with van der Waals surface area (Å²) in [5.41, 5.74) is 4.76. The summed E-state index contributed by atoms with van der Waals surface area (Å²) in [5, 5.41) is 6.86. The van der Waals surface area contributed by atoms with Gasteiger partial charge in [-0.3, -0.25) is 4.79 Å². The Bertz CT molecular complexity index is 949. The van der Waals surface area contributed by atoms with Crippen LogP contribution in [0.2, 0.25) is 0 Å². The molecule has 1 aliphatic carbocycles. The molecule has 2 aromatic rings. The fraction of sp³-hybridized carbons (Fsp3) is 0.536. The molecule has 3 atom stereocenters. The largest absolute Gasteiger partial charge is 0.491 e. The van der Waals surface area contributed by atoms with Gasteiger partial charge in [0.1, 0.15) is 12.4 Å². The molecule has 2 fully saturated rings. The van der Waals surface area contributed by atoms with Crippen molar-refractivity contribution in [2.24, 2.45) is 0 Å². The Kier molecular flexibility index (Phi) is 7.79. The lowest BCUT2D eigenvalue weighted by Gasteiger charge is -2.27. The molecular weight excluding hydrogens is 428 g/mol. The third kappa shape index (κ3) is 6.17. The average Bonchev–Trinajstić information content (AvgIpc) is 3.41. The minimum Gasteiger partial charge on any atom is -0.491 e. The van der Waals surface area contributed by atoms with Crippen LogP contribution in [0.5, 0.6) is 5.75 Å². The van der Waals surface area contributed by atoms with E-state index in [1.54, 1.807) is 0 Å². The smallest absolute Gasteiger partial charge is 0.251 e. The molecule has 0 bridgehead atoms. The van der Waals surface area contributed by atoms with Crippen LogP contribution in [0.1, 0.15) is 59.2 Å². The Morgan fingerprint density at radius 2 is 1.85 bits per heavy atom. The molecule has 0 spiro atoms. The predicted molar refractivity (Wildman–Crippen MR) is 131 cm³/mol. The lowest BCUT2D eigenvalue weighted by Crippen LogP contribution is -2.39. The Morgan fingerprint density at radius 3 is 2.65 bits per heavy atom. The summed E-state index contributed by atoms with van der Waals surface area (Å²) in [6.07, 6.45) is 7.53. The number of carbonyl (C=O) groups excluding carboxylic acids is 1. The molecule has 34 heavy (non-hydrogen) atoms. The highest BCUT2D eigenvalue weighted by Gasteiger charge is 2.22. The van der Waals surface area contributed by atoms with Crippen molar-refractivity contribution < 1.29 is 19.0 Å². The van der Waals surface area contributed by atoms with E-state index in [0.717, 1.165) is 70.6 Å². The molecular formula is C28H36N2O4. The first-order valence-corrected chi connectivity index (χ1v) is 12.8. The molecule has 0 saturated carbocycles. The summed E-state index contributed by atoms with van der Waals surface area (Å²) in [4.78, 5) is 12.8. The molecule has 5 rings (SSSR count). The number of rotatable bonds is 8. The van der Waals surface area contributed by atoms with Crippen molar-refractivity contribution in [3.05, 3.63) is 64.7 Å². The molecule has 2 aliphatic heterocycles. The fourth-order valence-corrected chi connectivity index (χ4v) is 5.14. The second-order valence-corrected chi connectivity index (χ2v) is 9.78. The van der Waals surface area contributed by atoms with Crippen molar-refractivity contribution in [3.63, 3.8) is 0 Å². The molecule has 2 N–H and O–H groups in total. The van der Waals surface area contributed by atoms with Crippen molar-refractivity contribution in [2.45, 2.75) is 69.7 Å². The van der Waals surface area contributed by atoms with Crippen molar-refractivity contribution in [3.8, 4) is 5.75 Å². The monoisotopic (exact) mass is 464 g/mol. The number of carbonyl (C=O) groups is 1. The Labute approximate surface area is 202 Å². The van der Waals surface area contributed by atoms with Crippen LogP contribution in [0.4, 0.5) is 0 Å². The normalized spacial score (nSPS) is 24.4. The van der Waals surface area contributed by atoms with Gasteiger partial charge in [-0.25, -0.2) is 0 Å². The van der Waals surface area contributed by atoms with Gasteiger partial charge in [0.25, 0.3) is 5.91 Å².